The van der Waals surface area contributed by atoms with Crippen LogP contribution in [-0.4, -0.2) is 42.5 Å². The van der Waals surface area contributed by atoms with Gasteiger partial charge in [0.15, 0.2) is 0 Å². The second-order valence-electron chi connectivity index (χ2n) is 7.64. The largest absolute Gasteiger partial charge is 0.481 e. The van der Waals surface area contributed by atoms with Crippen molar-refractivity contribution < 1.29 is 22.6 Å². The summed E-state index contributed by atoms with van der Waals surface area (Å²) in [4.78, 5) is 8.21. The summed E-state index contributed by atoms with van der Waals surface area (Å²) < 4.78 is 50.8. The van der Waals surface area contributed by atoms with Gasteiger partial charge in [0.25, 0.3) is 0 Å². The third-order valence-electron chi connectivity index (χ3n) is 3.89. The third kappa shape index (κ3) is 7.72. The molecule has 9 heteroatoms. The zero-order valence-electron chi connectivity index (χ0n) is 16.1. The van der Waals surface area contributed by atoms with Gasteiger partial charge in [0.2, 0.25) is 5.88 Å². The minimum Gasteiger partial charge on any atom is -0.481 e. The van der Waals surface area contributed by atoms with Gasteiger partial charge in [0.05, 0.1) is 12.8 Å². The molecule has 0 unspecified atom stereocenters. The average Bonchev–Trinajstić information content (AvgIpc) is 2.90. The van der Waals surface area contributed by atoms with Crippen LogP contribution in [0, 0.1) is 0 Å². The summed E-state index contributed by atoms with van der Waals surface area (Å²) in [7, 11) is 0.264. The molecule has 0 aliphatic heterocycles. The Balaban J connectivity index is 2.11. The van der Waals surface area contributed by atoms with Crippen molar-refractivity contribution in [1.82, 2.24) is 14.5 Å². The van der Waals surface area contributed by atoms with Crippen molar-refractivity contribution in [3.8, 4) is 5.88 Å². The summed E-state index contributed by atoms with van der Waals surface area (Å²) in [5.74, 6) is 0.420. The fourth-order valence-corrected chi connectivity index (χ4v) is 3.21. The van der Waals surface area contributed by atoms with Gasteiger partial charge in [-0.25, -0.2) is 9.97 Å². The molecular weight excluding hydrogens is 375 g/mol. The number of imidazole rings is 1. The second kappa shape index (κ2) is 8.88. The molecule has 0 spiro atoms. The van der Waals surface area contributed by atoms with Crippen molar-refractivity contribution in [3.63, 3.8) is 0 Å². The zero-order valence-corrected chi connectivity index (χ0v) is 17.1. The van der Waals surface area contributed by atoms with Gasteiger partial charge >= 0.3 is 6.18 Å². The summed E-state index contributed by atoms with van der Waals surface area (Å²) in [6.07, 6.45) is -1.78. The van der Waals surface area contributed by atoms with Crippen LogP contribution in [-0.2, 0) is 24.3 Å². The molecule has 2 aromatic rings. The first-order valence-corrected chi connectivity index (χ1v) is 12.4. The van der Waals surface area contributed by atoms with Crippen LogP contribution >= 0.6 is 0 Å². The van der Waals surface area contributed by atoms with Crippen molar-refractivity contribution in [1.29, 1.82) is 0 Å². The van der Waals surface area contributed by atoms with E-state index in [0.29, 0.717) is 24.6 Å². The molecule has 5 nitrogen and oxygen atoms in total. The Morgan fingerprint density at radius 2 is 1.96 bits per heavy atom. The Hall–Kier alpha value is -1.87. The number of nitrogens with zero attached hydrogens (tertiary/aromatic N) is 3. The maximum absolute atomic E-state index is 12.9. The number of alkyl halides is 3. The van der Waals surface area contributed by atoms with Crippen molar-refractivity contribution in [2.24, 2.45) is 0 Å². The van der Waals surface area contributed by atoms with Crippen molar-refractivity contribution in [2.75, 3.05) is 13.7 Å². The van der Waals surface area contributed by atoms with Gasteiger partial charge in [-0.15, -0.1) is 0 Å². The molecular formula is C18H26F3N3O2Si. The number of hydrogen-bond donors (Lipinski definition) is 0. The maximum Gasteiger partial charge on any atom is 0.396 e. The number of pyridine rings is 1. The van der Waals surface area contributed by atoms with Gasteiger partial charge in [0, 0.05) is 39.6 Å². The van der Waals surface area contributed by atoms with Gasteiger partial charge < -0.3 is 14.0 Å². The topological polar surface area (TPSA) is 49.2 Å². The van der Waals surface area contributed by atoms with E-state index < -0.39 is 20.7 Å². The molecule has 2 aromatic heterocycles. The number of methoxy groups -OCH3 is 1. The number of rotatable bonds is 9. The van der Waals surface area contributed by atoms with Crippen LogP contribution in [0.3, 0.4) is 0 Å². The minimum absolute atomic E-state index is 0.0356. The predicted octanol–water partition coefficient (Wildman–Crippen LogP) is 4.29. The molecule has 27 heavy (non-hydrogen) atoms. The molecule has 0 saturated heterocycles. The molecule has 2 heterocycles. The van der Waals surface area contributed by atoms with E-state index in [1.165, 1.54) is 11.7 Å². The van der Waals surface area contributed by atoms with Gasteiger partial charge in [-0.2, -0.15) is 13.2 Å². The van der Waals surface area contributed by atoms with Crippen LogP contribution in [0.4, 0.5) is 13.2 Å². The number of aromatic nitrogens is 3. The highest BCUT2D eigenvalue weighted by molar-refractivity contribution is 6.76. The zero-order chi connectivity index (χ0) is 20.1. The first-order valence-electron chi connectivity index (χ1n) is 8.74. The number of hydrogen-bond acceptors (Lipinski definition) is 4. The molecule has 0 atom stereocenters. The lowest BCUT2D eigenvalue weighted by molar-refractivity contribution is -0.129. The predicted molar refractivity (Wildman–Crippen MR) is 99.7 cm³/mol. The first-order chi connectivity index (χ1) is 12.6. The highest BCUT2D eigenvalue weighted by Crippen LogP contribution is 2.22. The molecule has 0 saturated carbocycles. The smallest absolute Gasteiger partial charge is 0.396 e. The van der Waals surface area contributed by atoms with E-state index in [-0.39, 0.29) is 12.6 Å². The SMILES string of the molecule is COc1cc(Cc2cn(COCC[Si](C)(C)C)c(CC(F)(F)F)n2)ccn1. The van der Waals surface area contributed by atoms with E-state index in [2.05, 4.69) is 29.6 Å². The fourth-order valence-electron chi connectivity index (χ4n) is 2.45. The summed E-state index contributed by atoms with van der Waals surface area (Å²) >= 11 is 0. The summed E-state index contributed by atoms with van der Waals surface area (Å²) in [6.45, 7) is 7.29. The van der Waals surface area contributed by atoms with Crippen LogP contribution in [0.1, 0.15) is 17.1 Å². The highest BCUT2D eigenvalue weighted by Gasteiger charge is 2.30. The van der Waals surface area contributed by atoms with Gasteiger partial charge in [-0.3, -0.25) is 0 Å². The van der Waals surface area contributed by atoms with Crippen LogP contribution in [0.5, 0.6) is 5.88 Å². The Morgan fingerprint density at radius 3 is 2.59 bits per heavy atom. The molecule has 0 bridgehead atoms. The standard InChI is InChI=1S/C18H26F3N3O2Si/c1-25-17-10-14(5-6-22-17)9-15-12-24(13-26-7-8-27(2,3)4)16(23-15)11-18(19,20)21/h5-6,10,12H,7-9,11,13H2,1-4H3. The van der Waals surface area contributed by atoms with Crippen molar-refractivity contribution >= 4 is 8.07 Å². The minimum atomic E-state index is -4.32. The van der Waals surface area contributed by atoms with Crippen molar-refractivity contribution in [3.05, 3.63) is 41.6 Å². The average molecular weight is 402 g/mol. The Labute approximate surface area is 158 Å². The van der Waals surface area contributed by atoms with Crippen LogP contribution in [0.15, 0.2) is 24.5 Å². The number of ether oxygens (including phenoxy) is 2. The monoisotopic (exact) mass is 401 g/mol. The van der Waals surface area contributed by atoms with Crippen LogP contribution in [0.25, 0.3) is 0 Å². The molecule has 150 valence electrons. The van der Waals surface area contributed by atoms with E-state index in [9.17, 15) is 13.2 Å². The molecule has 0 fully saturated rings. The highest BCUT2D eigenvalue weighted by atomic mass is 28.3. The normalized spacial score (nSPS) is 12.4. The van der Waals surface area contributed by atoms with E-state index in [1.807, 2.05) is 0 Å². The van der Waals surface area contributed by atoms with Crippen LogP contribution < -0.4 is 4.74 Å². The fraction of sp³-hybridized carbons (Fsp3) is 0.556. The van der Waals surface area contributed by atoms with E-state index >= 15 is 0 Å². The molecule has 0 radical (unpaired) electrons. The lowest BCUT2D eigenvalue weighted by atomic mass is 10.1. The van der Waals surface area contributed by atoms with E-state index in [4.69, 9.17) is 9.47 Å². The quantitative estimate of drug-likeness (QED) is 0.464. The third-order valence-corrected chi connectivity index (χ3v) is 5.59. The van der Waals surface area contributed by atoms with E-state index in [1.54, 1.807) is 24.5 Å². The van der Waals surface area contributed by atoms with Crippen molar-refractivity contribution in [2.45, 2.75) is 51.4 Å². The lowest BCUT2D eigenvalue weighted by Gasteiger charge is -2.16. The van der Waals surface area contributed by atoms with Crippen LogP contribution in [0.2, 0.25) is 25.7 Å². The molecule has 2 rings (SSSR count). The first kappa shape index (κ1) is 21.4. The molecule has 0 amide bonds. The molecule has 0 N–H and O–H groups in total. The summed E-state index contributed by atoms with van der Waals surface area (Å²) in [5.41, 5.74) is 1.42. The lowest BCUT2D eigenvalue weighted by Crippen LogP contribution is -2.22. The van der Waals surface area contributed by atoms with Gasteiger partial charge in [-0.05, 0) is 17.7 Å². The maximum atomic E-state index is 12.9. The number of halogens is 3. The van der Waals surface area contributed by atoms with Gasteiger partial charge in [0.1, 0.15) is 19.0 Å². The Morgan fingerprint density at radius 1 is 1.22 bits per heavy atom. The molecule has 0 aromatic carbocycles. The summed E-state index contributed by atoms with van der Waals surface area (Å²) in [5, 5.41) is 0. The Bertz CT molecular complexity index is 742. The Kier molecular flexibility index (Phi) is 7.04. The molecule has 0 aliphatic carbocycles. The molecule has 0 aliphatic rings. The second-order valence-corrected chi connectivity index (χ2v) is 13.3. The summed E-state index contributed by atoms with van der Waals surface area (Å²) in [6, 6.07) is 4.49. The van der Waals surface area contributed by atoms with Gasteiger partial charge in [-0.1, -0.05) is 19.6 Å². The van der Waals surface area contributed by atoms with E-state index in [0.717, 1.165) is 11.6 Å².